The zero-order valence-corrected chi connectivity index (χ0v) is 17.3. The largest absolute Gasteiger partial charge is 0.488 e. The number of rotatable bonds is 5. The van der Waals surface area contributed by atoms with Crippen molar-refractivity contribution in [2.24, 2.45) is 4.99 Å². The molecule has 3 aromatic carbocycles. The molecule has 1 aliphatic rings. The molecular formula is C24H18BrNO3. The number of halogens is 1. The van der Waals surface area contributed by atoms with Gasteiger partial charge in [-0.25, -0.2) is 9.79 Å². The summed E-state index contributed by atoms with van der Waals surface area (Å²) in [5, 5.41) is 0. The van der Waals surface area contributed by atoms with Gasteiger partial charge < -0.3 is 9.47 Å². The van der Waals surface area contributed by atoms with Gasteiger partial charge in [-0.15, -0.1) is 0 Å². The van der Waals surface area contributed by atoms with E-state index < -0.39 is 5.97 Å². The minimum atomic E-state index is -0.482. The number of ether oxygens (including phenoxy) is 2. The van der Waals surface area contributed by atoms with Gasteiger partial charge in [0.05, 0.1) is 5.56 Å². The van der Waals surface area contributed by atoms with E-state index in [2.05, 4.69) is 27.0 Å². The number of carbonyl (C=O) groups excluding carboxylic acids is 1. The van der Waals surface area contributed by atoms with Crippen LogP contribution in [0.5, 0.6) is 5.75 Å². The van der Waals surface area contributed by atoms with E-state index >= 15 is 0 Å². The normalized spacial score (nSPS) is 14.6. The van der Waals surface area contributed by atoms with Crippen LogP contribution in [-0.4, -0.2) is 11.9 Å². The number of carbonyl (C=O) groups is 1. The molecule has 4 nitrogen and oxygen atoms in total. The Morgan fingerprint density at radius 3 is 2.66 bits per heavy atom. The van der Waals surface area contributed by atoms with Crippen LogP contribution in [0, 0.1) is 6.92 Å². The van der Waals surface area contributed by atoms with E-state index in [9.17, 15) is 4.79 Å². The number of hydrogen-bond acceptors (Lipinski definition) is 4. The van der Waals surface area contributed by atoms with E-state index in [1.165, 1.54) is 5.56 Å². The summed E-state index contributed by atoms with van der Waals surface area (Å²) in [5.74, 6) is 0.481. The lowest BCUT2D eigenvalue weighted by Crippen LogP contribution is -2.06. The van der Waals surface area contributed by atoms with Crippen LogP contribution < -0.4 is 4.74 Å². The first-order chi connectivity index (χ1) is 14.1. The van der Waals surface area contributed by atoms with E-state index in [-0.39, 0.29) is 11.6 Å². The maximum Gasteiger partial charge on any atom is 0.363 e. The van der Waals surface area contributed by atoms with E-state index in [0.29, 0.717) is 12.4 Å². The van der Waals surface area contributed by atoms with Gasteiger partial charge >= 0.3 is 5.97 Å². The molecule has 0 amide bonds. The van der Waals surface area contributed by atoms with Crippen LogP contribution >= 0.6 is 15.9 Å². The zero-order valence-electron chi connectivity index (χ0n) is 15.8. The van der Waals surface area contributed by atoms with E-state index in [1.54, 1.807) is 6.08 Å². The Hall–Kier alpha value is -3.18. The molecule has 3 aromatic rings. The molecule has 0 fully saturated rings. The smallest absolute Gasteiger partial charge is 0.363 e. The monoisotopic (exact) mass is 447 g/mol. The summed E-state index contributed by atoms with van der Waals surface area (Å²) in [6.45, 7) is 2.49. The van der Waals surface area contributed by atoms with Gasteiger partial charge in [0.15, 0.2) is 5.70 Å². The molecule has 1 heterocycles. The maximum absolute atomic E-state index is 12.3. The lowest BCUT2D eigenvalue weighted by molar-refractivity contribution is -0.129. The number of benzene rings is 3. The molecule has 1 aliphatic heterocycles. The first kappa shape index (κ1) is 19.2. The van der Waals surface area contributed by atoms with Crippen molar-refractivity contribution in [1.29, 1.82) is 0 Å². The highest BCUT2D eigenvalue weighted by Crippen LogP contribution is 2.27. The number of nitrogens with zero attached hydrogens (tertiary/aromatic N) is 1. The molecule has 0 bridgehead atoms. The molecule has 0 radical (unpaired) electrons. The molecule has 0 N–H and O–H groups in total. The van der Waals surface area contributed by atoms with Gasteiger partial charge in [0.1, 0.15) is 12.4 Å². The van der Waals surface area contributed by atoms with Crippen molar-refractivity contribution in [1.82, 2.24) is 0 Å². The molecule has 0 unspecified atom stereocenters. The number of para-hydroxylation sites is 1. The molecule has 0 aliphatic carbocycles. The Bertz CT molecular complexity index is 1130. The van der Waals surface area contributed by atoms with Crippen molar-refractivity contribution in [3.63, 3.8) is 0 Å². The Morgan fingerprint density at radius 1 is 1.03 bits per heavy atom. The summed E-state index contributed by atoms with van der Waals surface area (Å²) in [6.07, 6.45) is 1.69. The van der Waals surface area contributed by atoms with Crippen LogP contribution in [0.15, 0.2) is 88.0 Å². The summed E-state index contributed by atoms with van der Waals surface area (Å²) in [7, 11) is 0. The van der Waals surface area contributed by atoms with Crippen LogP contribution in [0.1, 0.15) is 22.3 Å². The van der Waals surface area contributed by atoms with Crippen LogP contribution in [0.3, 0.4) is 0 Å². The van der Waals surface area contributed by atoms with Crippen molar-refractivity contribution in [3.05, 3.63) is 105 Å². The highest BCUT2D eigenvalue weighted by molar-refractivity contribution is 9.10. The van der Waals surface area contributed by atoms with Crippen molar-refractivity contribution in [3.8, 4) is 5.75 Å². The van der Waals surface area contributed by atoms with Crippen LogP contribution in [0.25, 0.3) is 6.08 Å². The number of aliphatic imine (C=N–C) groups is 1. The van der Waals surface area contributed by atoms with E-state index in [0.717, 1.165) is 21.2 Å². The third-order valence-corrected chi connectivity index (χ3v) is 5.10. The van der Waals surface area contributed by atoms with Gasteiger partial charge in [0.25, 0.3) is 0 Å². The third-order valence-electron chi connectivity index (χ3n) is 4.41. The quantitative estimate of drug-likeness (QED) is 0.373. The van der Waals surface area contributed by atoms with Crippen LogP contribution in [0.2, 0.25) is 0 Å². The van der Waals surface area contributed by atoms with Gasteiger partial charge in [-0.2, -0.15) is 0 Å². The molecule has 29 heavy (non-hydrogen) atoms. The molecule has 144 valence electrons. The third kappa shape index (κ3) is 4.46. The predicted octanol–water partition coefficient (Wildman–Crippen LogP) is 5.68. The Kier molecular flexibility index (Phi) is 5.58. The highest BCUT2D eigenvalue weighted by Gasteiger charge is 2.25. The summed E-state index contributed by atoms with van der Waals surface area (Å²) in [5.41, 5.74) is 4.01. The van der Waals surface area contributed by atoms with Crippen molar-refractivity contribution >= 4 is 33.9 Å². The van der Waals surface area contributed by atoms with Crippen molar-refractivity contribution in [2.75, 3.05) is 0 Å². The maximum atomic E-state index is 12.3. The molecule has 0 saturated carbocycles. The molecule has 0 spiro atoms. The highest BCUT2D eigenvalue weighted by atomic mass is 79.9. The Morgan fingerprint density at radius 2 is 1.83 bits per heavy atom. The summed E-state index contributed by atoms with van der Waals surface area (Å²) in [6, 6.07) is 23.2. The second-order valence-electron chi connectivity index (χ2n) is 6.63. The van der Waals surface area contributed by atoms with E-state index in [1.807, 2.05) is 73.7 Å². The standard InChI is InChI=1S/C24H18BrNO3/c1-16-7-6-8-17(13-16)15-28-22-12-5-2-9-18(22)14-21-24(27)29-23(26-21)19-10-3-4-11-20(19)25/h2-14H,15H2,1H3/b21-14+. The average Bonchev–Trinajstić information content (AvgIpc) is 3.08. The molecule has 5 heteroatoms. The number of esters is 1. The van der Waals surface area contributed by atoms with Gasteiger partial charge in [-0.3, -0.25) is 0 Å². The van der Waals surface area contributed by atoms with Gasteiger partial charge in [-0.1, -0.05) is 60.2 Å². The summed E-state index contributed by atoms with van der Waals surface area (Å²) in [4.78, 5) is 16.7. The van der Waals surface area contributed by atoms with Crippen LogP contribution in [0.4, 0.5) is 0 Å². The Labute approximate surface area is 177 Å². The number of hydrogen-bond donors (Lipinski definition) is 0. The molecule has 4 rings (SSSR count). The van der Waals surface area contributed by atoms with Crippen LogP contribution in [-0.2, 0) is 16.1 Å². The zero-order chi connectivity index (χ0) is 20.2. The summed E-state index contributed by atoms with van der Waals surface area (Å²) >= 11 is 3.46. The van der Waals surface area contributed by atoms with Crippen molar-refractivity contribution < 1.29 is 14.3 Å². The van der Waals surface area contributed by atoms with Gasteiger partial charge in [-0.05, 0) is 52.7 Å². The molecule has 0 atom stereocenters. The number of aryl methyl sites for hydroxylation is 1. The fourth-order valence-corrected chi connectivity index (χ4v) is 3.45. The predicted molar refractivity (Wildman–Crippen MR) is 117 cm³/mol. The molecule has 0 saturated heterocycles. The second kappa shape index (κ2) is 8.45. The lowest BCUT2D eigenvalue weighted by atomic mass is 10.1. The topological polar surface area (TPSA) is 47.9 Å². The summed E-state index contributed by atoms with van der Waals surface area (Å²) < 4.78 is 12.2. The minimum Gasteiger partial charge on any atom is -0.488 e. The van der Waals surface area contributed by atoms with Crippen molar-refractivity contribution in [2.45, 2.75) is 13.5 Å². The van der Waals surface area contributed by atoms with Gasteiger partial charge in [0, 0.05) is 10.0 Å². The number of cyclic esters (lactones) is 1. The fraction of sp³-hybridized carbons (Fsp3) is 0.0833. The van der Waals surface area contributed by atoms with Gasteiger partial charge in [0.2, 0.25) is 5.90 Å². The lowest BCUT2D eigenvalue weighted by Gasteiger charge is -2.09. The fourth-order valence-electron chi connectivity index (χ4n) is 3.00. The molecular weight excluding hydrogens is 430 g/mol. The first-order valence-corrected chi connectivity index (χ1v) is 9.94. The minimum absolute atomic E-state index is 0.238. The molecule has 0 aromatic heterocycles. The average molecular weight is 448 g/mol. The SMILES string of the molecule is Cc1cccc(COc2ccccc2/C=C2/N=C(c3ccccc3Br)OC2=O)c1. The van der Waals surface area contributed by atoms with E-state index in [4.69, 9.17) is 9.47 Å². The first-order valence-electron chi connectivity index (χ1n) is 9.15. The Balaban J connectivity index is 1.60. The second-order valence-corrected chi connectivity index (χ2v) is 7.49.